The smallest absolute Gasteiger partial charge is 0.0873 e. The topological polar surface area (TPSA) is 46.2 Å². The highest BCUT2D eigenvalue weighted by Gasteiger charge is 2.23. The molecule has 0 aromatic heterocycles. The Hall–Kier alpha value is -1.64. The number of aliphatic hydroxyl groups is 1. The van der Waals surface area contributed by atoms with Gasteiger partial charge in [0.1, 0.15) is 0 Å². The van der Waals surface area contributed by atoms with E-state index in [2.05, 4.69) is 32.0 Å². The maximum atomic E-state index is 10.8. The predicted octanol–water partition coefficient (Wildman–Crippen LogP) is 3.33. The highest BCUT2D eigenvalue weighted by Crippen LogP contribution is 2.32. The number of hydrogen-bond donors (Lipinski definition) is 2. The lowest BCUT2D eigenvalue weighted by Gasteiger charge is -2.24. The van der Waals surface area contributed by atoms with Gasteiger partial charge >= 0.3 is 0 Å². The molecule has 0 heterocycles. The number of rotatable bonds is 5. The Morgan fingerprint density at radius 1 is 1.10 bits per heavy atom. The van der Waals surface area contributed by atoms with Crippen molar-refractivity contribution in [2.24, 2.45) is 5.73 Å². The third-order valence-corrected chi connectivity index (χ3v) is 3.86. The molecule has 2 aromatic rings. The maximum Gasteiger partial charge on any atom is 0.0873 e. The normalized spacial score (nSPS) is 14.0. The van der Waals surface area contributed by atoms with Crippen LogP contribution in [0.4, 0.5) is 0 Å². The van der Waals surface area contributed by atoms with E-state index in [0.717, 1.165) is 17.5 Å². The van der Waals surface area contributed by atoms with Crippen LogP contribution >= 0.6 is 0 Å². The van der Waals surface area contributed by atoms with Crippen molar-refractivity contribution in [1.82, 2.24) is 0 Å². The molecule has 0 aliphatic rings. The molecule has 0 fully saturated rings. The van der Waals surface area contributed by atoms with Crippen LogP contribution in [-0.2, 0) is 6.42 Å². The van der Waals surface area contributed by atoms with Crippen LogP contribution in [0.5, 0.6) is 0 Å². The van der Waals surface area contributed by atoms with Crippen molar-refractivity contribution in [2.45, 2.75) is 32.3 Å². The van der Waals surface area contributed by atoms with Crippen LogP contribution < -0.4 is 5.73 Å². The molecule has 2 aromatic carbocycles. The van der Waals surface area contributed by atoms with Gasteiger partial charge in [-0.3, -0.25) is 0 Å². The molecule has 3 N–H and O–H groups in total. The quantitative estimate of drug-likeness (QED) is 0.874. The number of nitrogens with two attached hydrogens (primary N) is 1. The number of aliphatic hydroxyl groups excluding tert-OH is 1. The summed E-state index contributed by atoms with van der Waals surface area (Å²) in [5.74, 6) is -0.0670. The average molecular weight is 269 g/mol. The Labute approximate surface area is 121 Å². The summed E-state index contributed by atoms with van der Waals surface area (Å²) in [6.45, 7) is 4.60. The number of aryl methyl sites for hydroxylation is 2. The summed E-state index contributed by atoms with van der Waals surface area (Å²) in [5, 5.41) is 10.8. The molecule has 0 amide bonds. The van der Waals surface area contributed by atoms with E-state index in [1.54, 1.807) is 0 Å². The summed E-state index contributed by atoms with van der Waals surface area (Å²) in [7, 11) is 0. The second-order valence-corrected chi connectivity index (χ2v) is 5.25. The van der Waals surface area contributed by atoms with E-state index in [1.807, 2.05) is 30.3 Å². The van der Waals surface area contributed by atoms with Crippen molar-refractivity contribution in [2.75, 3.05) is 6.54 Å². The molecule has 2 atom stereocenters. The lowest BCUT2D eigenvalue weighted by Crippen LogP contribution is -2.21. The average Bonchev–Trinajstić information content (AvgIpc) is 2.48. The Kier molecular flexibility index (Phi) is 4.94. The van der Waals surface area contributed by atoms with Crippen molar-refractivity contribution in [3.8, 4) is 0 Å². The van der Waals surface area contributed by atoms with Crippen LogP contribution in [0.2, 0.25) is 0 Å². The van der Waals surface area contributed by atoms with Crippen molar-refractivity contribution >= 4 is 0 Å². The molecule has 0 aliphatic carbocycles. The molecule has 2 unspecified atom stereocenters. The number of benzene rings is 2. The molecule has 2 heteroatoms. The Balaban J connectivity index is 2.36. The fourth-order valence-electron chi connectivity index (χ4n) is 2.71. The van der Waals surface area contributed by atoms with E-state index < -0.39 is 6.10 Å². The summed E-state index contributed by atoms with van der Waals surface area (Å²) < 4.78 is 0. The fourth-order valence-corrected chi connectivity index (χ4v) is 2.71. The van der Waals surface area contributed by atoms with Crippen molar-refractivity contribution in [3.63, 3.8) is 0 Å². The summed E-state index contributed by atoms with van der Waals surface area (Å²) in [6, 6.07) is 16.3. The van der Waals surface area contributed by atoms with Crippen molar-refractivity contribution in [1.29, 1.82) is 0 Å². The highest BCUT2D eigenvalue weighted by atomic mass is 16.3. The summed E-state index contributed by atoms with van der Waals surface area (Å²) in [6.07, 6.45) is 0.358. The van der Waals surface area contributed by atoms with Crippen LogP contribution in [0.3, 0.4) is 0 Å². The highest BCUT2D eigenvalue weighted by molar-refractivity contribution is 5.34. The van der Waals surface area contributed by atoms with Gasteiger partial charge in [0.2, 0.25) is 0 Å². The van der Waals surface area contributed by atoms with E-state index in [-0.39, 0.29) is 5.92 Å². The largest absolute Gasteiger partial charge is 0.388 e. The van der Waals surface area contributed by atoms with Gasteiger partial charge in [0.15, 0.2) is 0 Å². The molecule has 0 bridgehead atoms. The van der Waals surface area contributed by atoms with E-state index in [1.165, 1.54) is 11.1 Å². The standard InChI is InChI=1S/C18H23NO/c1-3-14-8-4-5-10-16(14)18(20)17(12-19)15-9-6-7-13(2)11-15/h4-11,17-18,20H,3,12,19H2,1-2H3. The van der Waals surface area contributed by atoms with Gasteiger partial charge in [0.25, 0.3) is 0 Å². The second kappa shape index (κ2) is 6.69. The first-order valence-corrected chi connectivity index (χ1v) is 7.19. The zero-order valence-electron chi connectivity index (χ0n) is 12.2. The van der Waals surface area contributed by atoms with Crippen LogP contribution in [0, 0.1) is 6.92 Å². The Bertz CT molecular complexity index is 565. The monoisotopic (exact) mass is 269 g/mol. The first kappa shape index (κ1) is 14.8. The van der Waals surface area contributed by atoms with Crippen LogP contribution in [0.1, 0.15) is 41.2 Å². The van der Waals surface area contributed by atoms with Gasteiger partial charge in [0, 0.05) is 12.5 Å². The van der Waals surface area contributed by atoms with E-state index >= 15 is 0 Å². The molecular weight excluding hydrogens is 246 g/mol. The minimum absolute atomic E-state index is 0.0670. The molecule has 0 aliphatic heterocycles. The van der Waals surface area contributed by atoms with Gasteiger partial charge in [-0.15, -0.1) is 0 Å². The first-order chi connectivity index (χ1) is 9.67. The van der Waals surface area contributed by atoms with Gasteiger partial charge in [-0.2, -0.15) is 0 Å². The lowest BCUT2D eigenvalue weighted by atomic mass is 9.86. The fraction of sp³-hybridized carbons (Fsp3) is 0.333. The van der Waals surface area contributed by atoms with Crippen molar-refractivity contribution in [3.05, 3.63) is 70.8 Å². The summed E-state index contributed by atoms with van der Waals surface area (Å²) >= 11 is 0. The second-order valence-electron chi connectivity index (χ2n) is 5.25. The van der Waals surface area contributed by atoms with E-state index in [0.29, 0.717) is 6.54 Å². The molecule has 0 saturated carbocycles. The summed E-state index contributed by atoms with van der Waals surface area (Å²) in [5.41, 5.74) is 10.4. The molecule has 2 rings (SSSR count). The van der Waals surface area contributed by atoms with Gasteiger partial charge in [-0.1, -0.05) is 61.0 Å². The first-order valence-electron chi connectivity index (χ1n) is 7.19. The minimum Gasteiger partial charge on any atom is -0.388 e. The van der Waals surface area contributed by atoms with Crippen LogP contribution in [0.15, 0.2) is 48.5 Å². The molecule has 106 valence electrons. The van der Waals surface area contributed by atoms with Gasteiger partial charge in [-0.25, -0.2) is 0 Å². The molecule has 0 spiro atoms. The third-order valence-electron chi connectivity index (χ3n) is 3.86. The number of hydrogen-bond acceptors (Lipinski definition) is 2. The Morgan fingerprint density at radius 2 is 1.85 bits per heavy atom. The predicted molar refractivity (Wildman–Crippen MR) is 83.8 cm³/mol. The summed E-state index contributed by atoms with van der Waals surface area (Å²) in [4.78, 5) is 0. The maximum absolute atomic E-state index is 10.8. The minimum atomic E-state index is -0.557. The molecular formula is C18H23NO. The molecule has 0 radical (unpaired) electrons. The SMILES string of the molecule is CCc1ccccc1C(O)C(CN)c1cccc(C)c1. The van der Waals surface area contributed by atoms with Gasteiger partial charge in [0.05, 0.1) is 6.10 Å². The lowest BCUT2D eigenvalue weighted by molar-refractivity contribution is 0.146. The van der Waals surface area contributed by atoms with Crippen molar-refractivity contribution < 1.29 is 5.11 Å². The third kappa shape index (κ3) is 3.09. The molecule has 2 nitrogen and oxygen atoms in total. The zero-order valence-corrected chi connectivity index (χ0v) is 12.2. The van der Waals surface area contributed by atoms with E-state index in [9.17, 15) is 5.11 Å². The Morgan fingerprint density at radius 3 is 2.50 bits per heavy atom. The molecule has 0 saturated heterocycles. The van der Waals surface area contributed by atoms with Crippen LogP contribution in [0.25, 0.3) is 0 Å². The van der Waals surface area contributed by atoms with Gasteiger partial charge in [-0.05, 0) is 30.0 Å². The van der Waals surface area contributed by atoms with E-state index in [4.69, 9.17) is 5.73 Å². The zero-order chi connectivity index (χ0) is 14.5. The van der Waals surface area contributed by atoms with Crippen LogP contribution in [-0.4, -0.2) is 11.7 Å². The molecule has 20 heavy (non-hydrogen) atoms. The van der Waals surface area contributed by atoms with Gasteiger partial charge < -0.3 is 10.8 Å².